The van der Waals surface area contributed by atoms with Gasteiger partial charge in [0.25, 0.3) is 0 Å². The molecule has 0 radical (unpaired) electrons. The number of nitrogens with zero attached hydrogens (tertiary/aromatic N) is 3. The standard InChI is InChI=1S/C32H55NSi.C24H43NSi.C23H41NSi.6CH3.6ClH.3Zr/c1-20-17-18-28-27(19-20)29-30(33(28)2)23-13-7-10-16-26(23)32(29)34(3,4)31-24-14-8-5-11-21(24)22-12-6-9-15-25(22)31;1-16-13-14-21-20(15-16)22-23(25(21)2)18-11-7-8-12-19(18)24(22)26(3,4)17-9-5-6-10-17;1-24-20-15-9-8-14-19(20)21-22(24)17-12-6-7-13-18(17)23(21)25(2,3)16-10-4-5-11-16;;;;;;;;;;;;;;;/h20-32H,5-19H2,1-4H3;16-24H,5-15H2,1-4H3;16-23H,4-15H2,1-3H3;6*1H3;6*1H;;;/q;;;6*-1;;;;;;;3*+4/p-6. The maximum absolute atomic E-state index is 4.93. The van der Waals surface area contributed by atoms with Crippen molar-refractivity contribution in [1.29, 1.82) is 0 Å². The van der Waals surface area contributed by atoms with Crippen LogP contribution in [0.2, 0.25) is 72.5 Å². The van der Waals surface area contributed by atoms with Crippen molar-refractivity contribution < 1.29 is 62.5 Å². The van der Waals surface area contributed by atoms with Gasteiger partial charge in [-0.25, -0.2) is 0 Å². The molecule has 0 bridgehead atoms. The van der Waals surface area contributed by atoms with Crippen LogP contribution in [-0.2, 0) is 62.5 Å². The molecule has 17 aliphatic rings. The number of hydrogen-bond acceptors (Lipinski definition) is 3. The summed E-state index contributed by atoms with van der Waals surface area (Å²) < 4.78 is 0. The van der Waals surface area contributed by atoms with Gasteiger partial charge in [0.2, 0.25) is 0 Å². The Kier molecular flexibility index (Phi) is 38.9. The molecular formula is C85H157Cl6N3Si3Zr3. The Hall–Kier alpha value is 4.92. The van der Waals surface area contributed by atoms with Crippen LogP contribution >= 0.6 is 51.1 Å². The van der Waals surface area contributed by atoms with E-state index in [4.69, 9.17) is 51.1 Å². The average Bonchev–Trinajstić information content (AvgIpc) is 1.55. The van der Waals surface area contributed by atoms with Crippen LogP contribution in [0.15, 0.2) is 0 Å². The van der Waals surface area contributed by atoms with E-state index >= 15 is 0 Å². The summed E-state index contributed by atoms with van der Waals surface area (Å²) in [6.07, 6.45) is 59.3. The van der Waals surface area contributed by atoms with Crippen molar-refractivity contribution in [3.8, 4) is 0 Å². The van der Waals surface area contributed by atoms with Crippen molar-refractivity contribution in [2.45, 2.75) is 367 Å². The van der Waals surface area contributed by atoms with Crippen molar-refractivity contribution in [3.05, 3.63) is 44.6 Å². The van der Waals surface area contributed by atoms with Crippen molar-refractivity contribution >= 4 is 75.3 Å². The van der Waals surface area contributed by atoms with Gasteiger partial charge in [0.05, 0.1) is 24.2 Å². The van der Waals surface area contributed by atoms with Gasteiger partial charge in [-0.15, -0.1) is 0 Å². The van der Waals surface area contributed by atoms with E-state index < -0.39 is 86.8 Å². The number of hydrogen-bond donors (Lipinski definition) is 0. The first-order chi connectivity index (χ1) is 45.3. The summed E-state index contributed by atoms with van der Waals surface area (Å²) in [5, 5.41) is 0. The van der Waals surface area contributed by atoms with E-state index in [1.54, 1.807) is 180 Å². The van der Waals surface area contributed by atoms with E-state index in [1.165, 1.54) is 75.3 Å². The topological polar surface area (TPSA) is 9.72 Å². The second-order valence-corrected chi connectivity index (χ2v) is 65.2. The van der Waals surface area contributed by atoms with E-state index in [-0.39, 0.29) is 44.6 Å². The van der Waals surface area contributed by atoms with Gasteiger partial charge < -0.3 is 44.6 Å². The molecular weight excluding hydrogens is 1630 g/mol. The van der Waals surface area contributed by atoms with Crippen molar-refractivity contribution in [3.63, 3.8) is 0 Å². The minimum absolute atomic E-state index is 0. The fourth-order valence-corrected chi connectivity index (χ4v) is 49.4. The summed E-state index contributed by atoms with van der Waals surface area (Å²) in [4.78, 5) is 8.98. The molecule has 27 unspecified atom stereocenters. The zero-order chi connectivity index (χ0) is 66.5. The Labute approximate surface area is 683 Å². The zero-order valence-electron chi connectivity index (χ0n) is 67.8. The molecule has 3 aliphatic heterocycles. The predicted molar refractivity (Wildman–Crippen MR) is 444 cm³/mol. The molecule has 17 rings (SSSR count). The van der Waals surface area contributed by atoms with Gasteiger partial charge in [-0.3, -0.25) is 14.7 Å². The van der Waals surface area contributed by atoms with Gasteiger partial charge in [-0.05, 0) is 244 Å². The number of rotatable bonds is 6. The van der Waals surface area contributed by atoms with Crippen LogP contribution in [0, 0.1) is 151 Å². The van der Waals surface area contributed by atoms with E-state index in [0.717, 1.165) is 165 Å². The molecule has 0 spiro atoms. The molecule has 14 aliphatic carbocycles. The van der Waals surface area contributed by atoms with Crippen LogP contribution in [0.25, 0.3) is 0 Å². The fraction of sp³-hybridized carbons (Fsp3) is 0.929. The SMILES string of the molecule is CC1CCC2C(C1)C1C(C3CCCCC3C1[Si](C)(C)C1C3CCCCC3C3CCCCC31)N2C.CC1CCC2C(C1)C1C(C3CCCCC3C1[Si](C)(C)C1CCCC1)N2C.CN1C2CCCCC2C2C1C1CCCCC1C2[Si](C)(C)C1CCCC1.[CH3-].[CH3-].[CH3-].[CH3-].[CH3-].[CH3-].[Cl][Zr+2][Cl].[Cl][Zr+2][Cl].[Cl][Zr+2][Cl]. The van der Waals surface area contributed by atoms with E-state index in [1.807, 2.05) is 0 Å². The molecule has 100 heavy (non-hydrogen) atoms. The van der Waals surface area contributed by atoms with E-state index in [2.05, 4.69) is 89.0 Å². The van der Waals surface area contributed by atoms with Gasteiger partial charge in [-0.1, -0.05) is 214 Å². The normalized spacial score (nSPS) is 44.1. The summed E-state index contributed by atoms with van der Waals surface area (Å²) in [7, 11) is 33.6. The third-order valence-corrected chi connectivity index (χ3v) is 50.2. The van der Waals surface area contributed by atoms with Crippen molar-refractivity contribution in [2.24, 2.45) is 107 Å². The second kappa shape index (κ2) is 41.5. The molecule has 578 valence electrons. The second-order valence-electron chi connectivity index (χ2n) is 38.8. The van der Waals surface area contributed by atoms with E-state index in [9.17, 15) is 0 Å². The van der Waals surface area contributed by atoms with Gasteiger partial charge >= 0.3 is 114 Å². The van der Waals surface area contributed by atoms with Gasteiger partial charge in [0.1, 0.15) is 0 Å². The molecule has 0 aromatic carbocycles. The molecule has 3 nitrogen and oxygen atoms in total. The van der Waals surface area contributed by atoms with Crippen LogP contribution in [-0.4, -0.2) is 96.3 Å². The Bertz CT molecular complexity index is 2350. The maximum atomic E-state index is 4.93. The zero-order valence-corrected chi connectivity index (χ0v) is 82.7. The van der Waals surface area contributed by atoms with Gasteiger partial charge in [0, 0.05) is 36.3 Å². The van der Waals surface area contributed by atoms with Gasteiger partial charge in [-0.2, -0.15) is 0 Å². The van der Waals surface area contributed by atoms with Crippen LogP contribution in [0.1, 0.15) is 258 Å². The third kappa shape index (κ3) is 18.1. The number of likely N-dealkylation sites (tertiary alicyclic amines) is 3. The van der Waals surface area contributed by atoms with Crippen LogP contribution in [0.5, 0.6) is 0 Å². The Morgan fingerprint density at radius 1 is 0.250 bits per heavy atom. The third-order valence-electron chi connectivity index (χ3n) is 34.7. The van der Waals surface area contributed by atoms with Crippen LogP contribution in [0.3, 0.4) is 0 Å². The quantitative estimate of drug-likeness (QED) is 0.194. The van der Waals surface area contributed by atoms with Crippen molar-refractivity contribution in [1.82, 2.24) is 14.7 Å². The molecule has 3 heterocycles. The molecule has 0 aromatic heterocycles. The van der Waals surface area contributed by atoms with Gasteiger partial charge in [0.15, 0.2) is 0 Å². The van der Waals surface area contributed by atoms with E-state index in [0.29, 0.717) is 0 Å². The summed E-state index contributed by atoms with van der Waals surface area (Å²) in [5.74, 6) is 19.5. The first kappa shape index (κ1) is 93.8. The predicted octanol–water partition coefficient (Wildman–Crippen LogP) is 28.3. The van der Waals surface area contributed by atoms with Crippen LogP contribution in [0.4, 0.5) is 0 Å². The minimum atomic E-state index is -1.40. The summed E-state index contributed by atoms with van der Waals surface area (Å²) in [6.45, 7) is 22.6. The molecule has 15 heteroatoms. The van der Waals surface area contributed by atoms with Crippen molar-refractivity contribution in [2.75, 3.05) is 21.1 Å². The molecule has 27 atom stereocenters. The number of halogens is 6. The Balaban J connectivity index is 0.000000219. The summed E-state index contributed by atoms with van der Waals surface area (Å²) in [6, 6.07) is 5.76. The molecule has 17 fully saturated rings. The molecule has 0 N–H and O–H groups in total. The molecule has 14 saturated carbocycles. The summed E-state index contributed by atoms with van der Waals surface area (Å²) in [5.41, 5.74) is 6.97. The number of fused-ring (bicyclic) bond motifs is 18. The fourth-order valence-electron chi connectivity index (χ4n) is 32.2. The molecule has 0 aromatic rings. The Morgan fingerprint density at radius 2 is 0.470 bits per heavy atom. The molecule has 3 saturated heterocycles. The summed E-state index contributed by atoms with van der Waals surface area (Å²) >= 11 is -2.48. The first-order valence-electron chi connectivity index (χ1n) is 41.4. The first-order valence-corrected chi connectivity index (χ1v) is 69.8. The monoisotopic (exact) mass is 1780 g/mol. The molecule has 0 amide bonds. The Morgan fingerprint density at radius 3 is 0.780 bits per heavy atom. The van der Waals surface area contributed by atoms with Crippen LogP contribution < -0.4 is 0 Å². The average molecular weight is 1790 g/mol.